The van der Waals surface area contributed by atoms with Crippen molar-refractivity contribution in [1.29, 1.82) is 0 Å². The van der Waals surface area contributed by atoms with Gasteiger partial charge in [0.2, 0.25) is 5.78 Å². The number of aliphatic hydroxyl groups is 1. The number of allylic oxidation sites excluding steroid dienone is 3. The molecule has 0 aromatic heterocycles. The van der Waals surface area contributed by atoms with E-state index in [0.717, 1.165) is 19.3 Å². The molecule has 0 aromatic rings. The van der Waals surface area contributed by atoms with Gasteiger partial charge in [-0.2, -0.15) is 0 Å². The fraction of sp³-hybridized carbons (Fsp3) is 0.611. The van der Waals surface area contributed by atoms with E-state index in [0.29, 0.717) is 6.42 Å². The van der Waals surface area contributed by atoms with E-state index in [1.165, 1.54) is 11.1 Å². The molecule has 112 valence electrons. The van der Waals surface area contributed by atoms with Gasteiger partial charge in [0.15, 0.2) is 0 Å². The van der Waals surface area contributed by atoms with Crippen LogP contribution in [0, 0.1) is 17.3 Å². The van der Waals surface area contributed by atoms with Gasteiger partial charge in [0.25, 0.3) is 0 Å². The molecule has 2 nitrogen and oxygen atoms in total. The number of aliphatic hydroxyl groups excluding tert-OH is 1. The van der Waals surface area contributed by atoms with Gasteiger partial charge >= 0.3 is 0 Å². The Morgan fingerprint density at radius 1 is 1.05 bits per heavy atom. The summed E-state index contributed by atoms with van der Waals surface area (Å²) in [6.45, 7) is 10.2. The zero-order chi connectivity index (χ0) is 15.6. The second kappa shape index (κ2) is 9.55. The third-order valence-corrected chi connectivity index (χ3v) is 2.79. The summed E-state index contributed by atoms with van der Waals surface area (Å²) in [5.74, 6) is 5.70. The lowest BCUT2D eigenvalue weighted by Crippen LogP contribution is -2.02. The largest absolute Gasteiger partial charge is 0.392 e. The summed E-state index contributed by atoms with van der Waals surface area (Å²) < 4.78 is 0. The van der Waals surface area contributed by atoms with Crippen molar-refractivity contribution in [1.82, 2.24) is 0 Å². The zero-order valence-corrected chi connectivity index (χ0v) is 13.5. The van der Waals surface area contributed by atoms with Gasteiger partial charge in [-0.1, -0.05) is 29.2 Å². The summed E-state index contributed by atoms with van der Waals surface area (Å²) in [5, 5.41) is 8.76. The smallest absolute Gasteiger partial charge is 0.205 e. The molecule has 0 heterocycles. The first-order chi connectivity index (χ1) is 9.24. The molecule has 0 atom stereocenters. The Morgan fingerprint density at radius 2 is 1.65 bits per heavy atom. The fourth-order valence-electron chi connectivity index (χ4n) is 1.54. The molecule has 0 rings (SSSR count). The van der Waals surface area contributed by atoms with Crippen molar-refractivity contribution in [2.75, 3.05) is 6.61 Å². The van der Waals surface area contributed by atoms with Crippen LogP contribution in [-0.4, -0.2) is 17.5 Å². The van der Waals surface area contributed by atoms with E-state index in [-0.39, 0.29) is 17.8 Å². The van der Waals surface area contributed by atoms with Crippen LogP contribution in [-0.2, 0) is 4.79 Å². The lowest BCUT2D eigenvalue weighted by molar-refractivity contribution is -0.113. The molecule has 0 aliphatic carbocycles. The Balaban J connectivity index is 4.09. The van der Waals surface area contributed by atoms with Crippen LogP contribution in [0.15, 0.2) is 23.3 Å². The molecule has 0 amide bonds. The first-order valence-electron chi connectivity index (χ1n) is 7.22. The molecule has 0 saturated carbocycles. The molecule has 0 fully saturated rings. The topological polar surface area (TPSA) is 37.3 Å². The van der Waals surface area contributed by atoms with Gasteiger partial charge in [-0.05, 0) is 59.8 Å². The van der Waals surface area contributed by atoms with Crippen LogP contribution in [0.25, 0.3) is 0 Å². The van der Waals surface area contributed by atoms with Crippen molar-refractivity contribution in [3.63, 3.8) is 0 Å². The van der Waals surface area contributed by atoms with E-state index in [1.54, 1.807) is 0 Å². The third kappa shape index (κ3) is 11.7. The summed E-state index contributed by atoms with van der Waals surface area (Å²) >= 11 is 0. The predicted octanol–water partition coefficient (Wildman–Crippen LogP) is 4.05. The molecule has 0 radical (unpaired) electrons. The van der Waals surface area contributed by atoms with Gasteiger partial charge in [-0.3, -0.25) is 4.79 Å². The number of carbonyl (C=O) groups excluding carboxylic acids is 1. The van der Waals surface area contributed by atoms with Crippen molar-refractivity contribution in [2.45, 2.75) is 60.3 Å². The molecule has 0 saturated heterocycles. The van der Waals surface area contributed by atoms with Gasteiger partial charge < -0.3 is 5.11 Å². The second-order valence-corrected chi connectivity index (χ2v) is 6.25. The molecule has 1 N–H and O–H groups in total. The molecule has 0 aliphatic heterocycles. The van der Waals surface area contributed by atoms with Crippen molar-refractivity contribution in [3.05, 3.63) is 23.3 Å². The van der Waals surface area contributed by atoms with E-state index in [2.05, 4.69) is 24.8 Å². The zero-order valence-electron chi connectivity index (χ0n) is 13.5. The molecule has 20 heavy (non-hydrogen) atoms. The van der Waals surface area contributed by atoms with Crippen molar-refractivity contribution < 1.29 is 9.90 Å². The third-order valence-electron chi connectivity index (χ3n) is 2.79. The molecule has 2 heteroatoms. The molecule has 0 spiro atoms. The van der Waals surface area contributed by atoms with Gasteiger partial charge in [-0.25, -0.2) is 0 Å². The first kappa shape index (κ1) is 18.7. The predicted molar refractivity (Wildman–Crippen MR) is 85.3 cm³/mol. The maximum atomic E-state index is 11.6. The second-order valence-electron chi connectivity index (χ2n) is 6.25. The van der Waals surface area contributed by atoms with Gasteiger partial charge in [0, 0.05) is 11.8 Å². The van der Waals surface area contributed by atoms with Gasteiger partial charge in [0.1, 0.15) is 0 Å². The quantitative estimate of drug-likeness (QED) is 0.433. The van der Waals surface area contributed by atoms with Crippen LogP contribution in [0.1, 0.15) is 60.3 Å². The Morgan fingerprint density at radius 3 is 2.20 bits per heavy atom. The summed E-state index contributed by atoms with van der Waals surface area (Å²) in [4.78, 5) is 11.6. The van der Waals surface area contributed by atoms with Crippen LogP contribution in [0.4, 0.5) is 0 Å². The SMILES string of the molecule is CC(=CCO)CCC=C(C)CCC(=O)C#CC(C)(C)C. The van der Waals surface area contributed by atoms with Gasteiger partial charge in [-0.15, -0.1) is 0 Å². The standard InChI is InChI=1S/C18H28O2/c1-15(7-6-8-16(2)12-14-19)9-10-17(20)11-13-18(3,4)5/h7,12,19H,6,8-10,14H2,1-5H3. The van der Waals surface area contributed by atoms with Gasteiger partial charge in [0.05, 0.1) is 6.61 Å². The van der Waals surface area contributed by atoms with Crippen molar-refractivity contribution in [2.24, 2.45) is 5.41 Å². The first-order valence-corrected chi connectivity index (χ1v) is 7.22. The summed E-state index contributed by atoms with van der Waals surface area (Å²) in [6, 6.07) is 0. The molecule has 0 aliphatic rings. The van der Waals surface area contributed by atoms with E-state index in [1.807, 2.05) is 33.8 Å². The summed E-state index contributed by atoms with van der Waals surface area (Å²) in [5.41, 5.74) is 2.31. The van der Waals surface area contributed by atoms with E-state index in [9.17, 15) is 4.79 Å². The molecular formula is C18H28O2. The summed E-state index contributed by atoms with van der Waals surface area (Å²) in [7, 11) is 0. The minimum atomic E-state index is -0.114. The van der Waals surface area contributed by atoms with Crippen LogP contribution in [0.3, 0.4) is 0 Å². The van der Waals surface area contributed by atoms with Crippen LogP contribution in [0.2, 0.25) is 0 Å². The van der Waals surface area contributed by atoms with E-state index >= 15 is 0 Å². The van der Waals surface area contributed by atoms with Crippen LogP contribution in [0.5, 0.6) is 0 Å². The van der Waals surface area contributed by atoms with Crippen LogP contribution < -0.4 is 0 Å². The highest BCUT2D eigenvalue weighted by molar-refractivity contribution is 5.95. The molecular weight excluding hydrogens is 248 g/mol. The average molecular weight is 276 g/mol. The Bertz CT molecular complexity index is 423. The minimum absolute atomic E-state index is 0.0176. The van der Waals surface area contributed by atoms with Crippen LogP contribution >= 0.6 is 0 Å². The maximum Gasteiger partial charge on any atom is 0.205 e. The molecule has 0 bridgehead atoms. The normalized spacial score (nSPS) is 12.9. The average Bonchev–Trinajstić information content (AvgIpc) is 2.33. The number of carbonyl (C=O) groups is 1. The maximum absolute atomic E-state index is 11.6. The Labute approximate surface area is 124 Å². The lowest BCUT2D eigenvalue weighted by atomic mass is 9.97. The highest BCUT2D eigenvalue weighted by atomic mass is 16.2. The monoisotopic (exact) mass is 276 g/mol. The van der Waals surface area contributed by atoms with E-state index < -0.39 is 0 Å². The number of ketones is 1. The number of Topliss-reactive ketones (excluding diaryl/α,β-unsaturated/α-hetero) is 1. The number of rotatable bonds is 7. The Hall–Kier alpha value is -1.33. The lowest BCUT2D eigenvalue weighted by Gasteiger charge is -2.06. The molecule has 0 unspecified atom stereocenters. The van der Waals surface area contributed by atoms with E-state index in [4.69, 9.17) is 5.11 Å². The fourth-order valence-corrected chi connectivity index (χ4v) is 1.54. The Kier molecular flexibility index (Phi) is 8.92. The number of hydrogen-bond donors (Lipinski definition) is 1. The van der Waals surface area contributed by atoms with Crippen molar-refractivity contribution in [3.8, 4) is 11.8 Å². The highest BCUT2D eigenvalue weighted by Crippen LogP contribution is 2.12. The molecule has 0 aromatic carbocycles. The highest BCUT2D eigenvalue weighted by Gasteiger charge is 2.05. The van der Waals surface area contributed by atoms with Crippen molar-refractivity contribution >= 4 is 5.78 Å². The number of hydrogen-bond acceptors (Lipinski definition) is 2. The minimum Gasteiger partial charge on any atom is -0.392 e. The summed E-state index contributed by atoms with van der Waals surface area (Å²) in [6.07, 6.45) is 7.18.